The standard InChI is InChI=1S/C25H37N3O3S/c1-3-30-22-9-7-20(8-10-22)25-26-23(19(2)31-25)17-32-18-24(29)28-15-11-21(12-16-28)27-13-5-4-6-14-27/h7-10,19,21,23H,3-6,11-18H2,1-2H3. The Morgan fingerprint density at radius 2 is 1.84 bits per heavy atom. The number of piperidine rings is 2. The maximum Gasteiger partial charge on any atom is 0.232 e. The summed E-state index contributed by atoms with van der Waals surface area (Å²) in [5, 5.41) is 0. The van der Waals surface area contributed by atoms with Crippen molar-refractivity contribution in [2.45, 2.75) is 64.1 Å². The van der Waals surface area contributed by atoms with E-state index in [1.165, 1.54) is 32.4 Å². The van der Waals surface area contributed by atoms with Gasteiger partial charge in [-0.1, -0.05) is 6.42 Å². The Balaban J connectivity index is 1.19. The van der Waals surface area contributed by atoms with Crippen LogP contribution in [0, 0.1) is 0 Å². The monoisotopic (exact) mass is 459 g/mol. The third-order valence-electron chi connectivity index (χ3n) is 6.77. The highest BCUT2D eigenvalue weighted by Gasteiger charge is 2.30. The van der Waals surface area contributed by atoms with E-state index in [9.17, 15) is 4.79 Å². The lowest BCUT2D eigenvalue weighted by Gasteiger charge is -2.40. The van der Waals surface area contributed by atoms with Crippen LogP contribution in [0.25, 0.3) is 0 Å². The summed E-state index contributed by atoms with van der Waals surface area (Å²) in [5.41, 5.74) is 0.973. The second-order valence-electron chi connectivity index (χ2n) is 9.01. The summed E-state index contributed by atoms with van der Waals surface area (Å²) in [7, 11) is 0. The first-order chi connectivity index (χ1) is 15.6. The lowest BCUT2D eigenvalue weighted by Crippen LogP contribution is -2.48. The molecule has 1 aromatic carbocycles. The topological polar surface area (TPSA) is 54.4 Å². The van der Waals surface area contributed by atoms with E-state index in [-0.39, 0.29) is 18.1 Å². The summed E-state index contributed by atoms with van der Waals surface area (Å²) in [6, 6.07) is 8.64. The van der Waals surface area contributed by atoms with Crippen LogP contribution in [-0.2, 0) is 9.53 Å². The largest absolute Gasteiger partial charge is 0.494 e. The van der Waals surface area contributed by atoms with Gasteiger partial charge >= 0.3 is 0 Å². The number of hydrogen-bond acceptors (Lipinski definition) is 6. The Labute approximate surface area is 196 Å². The number of likely N-dealkylation sites (tertiary alicyclic amines) is 2. The minimum Gasteiger partial charge on any atom is -0.494 e. The molecule has 3 aliphatic rings. The fourth-order valence-corrected chi connectivity index (χ4v) is 5.90. The van der Waals surface area contributed by atoms with E-state index in [0.29, 0.717) is 24.3 Å². The Hall–Kier alpha value is -1.73. The van der Waals surface area contributed by atoms with Gasteiger partial charge in [0.15, 0.2) is 0 Å². The summed E-state index contributed by atoms with van der Waals surface area (Å²) in [6.07, 6.45) is 6.32. The van der Waals surface area contributed by atoms with Gasteiger partial charge in [0.1, 0.15) is 11.9 Å². The number of thioether (sulfide) groups is 1. The summed E-state index contributed by atoms with van der Waals surface area (Å²) >= 11 is 1.68. The first-order valence-corrected chi connectivity index (χ1v) is 13.4. The van der Waals surface area contributed by atoms with Crippen LogP contribution in [-0.4, -0.2) is 84.1 Å². The molecule has 6 nitrogen and oxygen atoms in total. The van der Waals surface area contributed by atoms with Crippen LogP contribution in [0.2, 0.25) is 0 Å². The van der Waals surface area contributed by atoms with Gasteiger partial charge in [0, 0.05) is 30.4 Å². The Morgan fingerprint density at radius 3 is 2.53 bits per heavy atom. The predicted molar refractivity (Wildman–Crippen MR) is 131 cm³/mol. The molecule has 3 heterocycles. The van der Waals surface area contributed by atoms with Crippen LogP contribution in [0.1, 0.15) is 51.5 Å². The van der Waals surface area contributed by atoms with Gasteiger partial charge in [0.05, 0.1) is 18.4 Å². The number of benzene rings is 1. The third kappa shape index (κ3) is 5.98. The molecule has 32 heavy (non-hydrogen) atoms. The van der Waals surface area contributed by atoms with Crippen molar-refractivity contribution in [2.75, 3.05) is 44.3 Å². The van der Waals surface area contributed by atoms with Crippen molar-refractivity contribution >= 4 is 23.6 Å². The number of hydrogen-bond donors (Lipinski definition) is 0. The van der Waals surface area contributed by atoms with Gasteiger partial charge in [0.2, 0.25) is 11.8 Å². The highest BCUT2D eigenvalue weighted by molar-refractivity contribution is 8.00. The highest BCUT2D eigenvalue weighted by Crippen LogP contribution is 2.24. The Kier molecular flexibility index (Phi) is 8.36. The van der Waals surface area contributed by atoms with Crippen molar-refractivity contribution in [3.05, 3.63) is 29.8 Å². The van der Waals surface area contributed by atoms with Gasteiger partial charge in [-0.2, -0.15) is 0 Å². The minimum absolute atomic E-state index is 0.0273. The molecule has 2 fully saturated rings. The number of aliphatic imine (C=N–C) groups is 1. The third-order valence-corrected chi connectivity index (χ3v) is 7.80. The molecule has 0 spiro atoms. The van der Waals surface area contributed by atoms with E-state index in [1.807, 2.05) is 31.2 Å². The SMILES string of the molecule is CCOc1ccc(C2=NC(CSCC(=O)N3CCC(N4CCCCC4)CC3)C(C)O2)cc1. The van der Waals surface area contributed by atoms with Crippen LogP contribution in [0.15, 0.2) is 29.3 Å². The molecule has 1 aromatic rings. The van der Waals surface area contributed by atoms with Gasteiger partial charge < -0.3 is 19.3 Å². The molecule has 7 heteroatoms. The zero-order valence-corrected chi connectivity index (χ0v) is 20.3. The van der Waals surface area contributed by atoms with E-state index in [2.05, 4.69) is 16.7 Å². The molecule has 4 rings (SSSR count). The molecular weight excluding hydrogens is 422 g/mol. The molecule has 0 saturated carbocycles. The van der Waals surface area contributed by atoms with Crippen molar-refractivity contribution in [2.24, 2.45) is 4.99 Å². The molecule has 0 aliphatic carbocycles. The molecule has 2 unspecified atom stereocenters. The smallest absolute Gasteiger partial charge is 0.232 e. The van der Waals surface area contributed by atoms with Gasteiger partial charge in [-0.3, -0.25) is 4.79 Å². The average Bonchev–Trinajstić information content (AvgIpc) is 3.21. The van der Waals surface area contributed by atoms with Crippen molar-refractivity contribution in [3.8, 4) is 5.75 Å². The maximum absolute atomic E-state index is 12.7. The van der Waals surface area contributed by atoms with E-state index < -0.39 is 0 Å². The fraction of sp³-hybridized carbons (Fsp3) is 0.680. The van der Waals surface area contributed by atoms with E-state index in [4.69, 9.17) is 14.5 Å². The molecule has 1 amide bonds. The molecule has 0 radical (unpaired) electrons. The van der Waals surface area contributed by atoms with Crippen LogP contribution >= 0.6 is 11.8 Å². The zero-order valence-electron chi connectivity index (χ0n) is 19.5. The lowest BCUT2D eigenvalue weighted by atomic mass is 10.00. The first-order valence-electron chi connectivity index (χ1n) is 12.2. The van der Waals surface area contributed by atoms with E-state index >= 15 is 0 Å². The second kappa shape index (κ2) is 11.4. The summed E-state index contributed by atoms with van der Waals surface area (Å²) in [5.74, 6) is 3.16. The molecule has 0 N–H and O–H groups in total. The molecule has 0 bridgehead atoms. The predicted octanol–water partition coefficient (Wildman–Crippen LogP) is 3.83. The zero-order chi connectivity index (χ0) is 22.3. The maximum atomic E-state index is 12.7. The van der Waals surface area contributed by atoms with Gasteiger partial charge in [-0.05, 0) is 76.9 Å². The van der Waals surface area contributed by atoms with Crippen LogP contribution < -0.4 is 4.74 Å². The normalized spacial score (nSPS) is 24.8. The average molecular weight is 460 g/mol. The van der Waals surface area contributed by atoms with E-state index in [0.717, 1.165) is 43.0 Å². The Bertz CT molecular complexity index is 771. The summed E-state index contributed by atoms with van der Waals surface area (Å²) in [4.78, 5) is 22.2. The van der Waals surface area contributed by atoms with Gasteiger partial charge in [0.25, 0.3) is 0 Å². The summed E-state index contributed by atoms with van der Waals surface area (Å²) in [6.45, 7) is 8.99. The number of ether oxygens (including phenoxy) is 2. The van der Waals surface area contributed by atoms with Crippen LogP contribution in [0.4, 0.5) is 0 Å². The molecule has 0 aromatic heterocycles. The Morgan fingerprint density at radius 1 is 1.12 bits per heavy atom. The second-order valence-corrected chi connectivity index (χ2v) is 10.0. The van der Waals surface area contributed by atoms with Gasteiger partial charge in [-0.15, -0.1) is 11.8 Å². The highest BCUT2D eigenvalue weighted by atomic mass is 32.2. The molecular formula is C25H37N3O3S. The summed E-state index contributed by atoms with van der Waals surface area (Å²) < 4.78 is 11.5. The number of amides is 1. The molecule has 2 saturated heterocycles. The van der Waals surface area contributed by atoms with Crippen LogP contribution in [0.3, 0.4) is 0 Å². The number of rotatable bonds is 8. The quantitative estimate of drug-likeness (QED) is 0.591. The molecule has 2 atom stereocenters. The van der Waals surface area contributed by atoms with Crippen molar-refractivity contribution in [3.63, 3.8) is 0 Å². The molecule has 3 aliphatic heterocycles. The van der Waals surface area contributed by atoms with Crippen molar-refractivity contribution in [1.29, 1.82) is 0 Å². The van der Waals surface area contributed by atoms with Gasteiger partial charge in [-0.25, -0.2) is 4.99 Å². The number of carbonyl (C=O) groups excluding carboxylic acids is 1. The van der Waals surface area contributed by atoms with Crippen LogP contribution in [0.5, 0.6) is 5.75 Å². The van der Waals surface area contributed by atoms with Crippen molar-refractivity contribution in [1.82, 2.24) is 9.80 Å². The van der Waals surface area contributed by atoms with Crippen molar-refractivity contribution < 1.29 is 14.3 Å². The lowest BCUT2D eigenvalue weighted by molar-refractivity contribution is -0.129. The molecule has 176 valence electrons. The minimum atomic E-state index is 0.0273. The number of carbonyl (C=O) groups is 1. The van der Waals surface area contributed by atoms with E-state index in [1.54, 1.807) is 11.8 Å². The number of nitrogens with zero attached hydrogens (tertiary/aromatic N) is 3. The first kappa shape index (κ1) is 23.4. The fourth-order valence-electron chi connectivity index (χ4n) is 4.84.